The Kier molecular flexibility index (Phi) is 3.63. The van der Waals surface area contributed by atoms with Crippen LogP contribution in [0.5, 0.6) is 0 Å². The highest BCUT2D eigenvalue weighted by Crippen LogP contribution is 2.18. The molecule has 0 aromatic carbocycles. The Labute approximate surface area is 85.5 Å². The van der Waals surface area contributed by atoms with E-state index in [1.54, 1.807) is 6.33 Å². The first-order valence-corrected chi connectivity index (χ1v) is 5.17. The number of nitrogens with zero attached hydrogens (tertiary/aromatic N) is 3. The molecule has 1 aromatic heterocycles. The third-order valence-electron chi connectivity index (χ3n) is 2.21. The number of rotatable bonds is 4. The Hall–Kier alpha value is -0.900. The largest absolute Gasteiger partial charge is 0.321 e. The van der Waals surface area contributed by atoms with Crippen LogP contribution in [0.25, 0.3) is 0 Å². The van der Waals surface area contributed by atoms with Gasteiger partial charge in [-0.3, -0.25) is 0 Å². The van der Waals surface area contributed by atoms with E-state index in [-0.39, 0.29) is 6.04 Å². The lowest BCUT2D eigenvalue weighted by Crippen LogP contribution is -2.19. The van der Waals surface area contributed by atoms with Crippen molar-refractivity contribution in [3.63, 3.8) is 0 Å². The fraction of sp³-hybridized carbons (Fsp3) is 0.800. The van der Waals surface area contributed by atoms with Crippen molar-refractivity contribution >= 4 is 0 Å². The van der Waals surface area contributed by atoms with E-state index in [0.29, 0.717) is 12.0 Å². The lowest BCUT2D eigenvalue weighted by molar-refractivity contribution is 0.458. The summed E-state index contributed by atoms with van der Waals surface area (Å²) in [5.41, 5.74) is 6.06. The minimum Gasteiger partial charge on any atom is -0.321 e. The zero-order valence-electron chi connectivity index (χ0n) is 9.44. The Morgan fingerprint density at radius 1 is 1.36 bits per heavy atom. The molecule has 0 saturated carbocycles. The quantitative estimate of drug-likeness (QED) is 0.800. The minimum absolute atomic E-state index is 0.0000926. The molecular weight excluding hydrogens is 176 g/mol. The van der Waals surface area contributed by atoms with Gasteiger partial charge >= 0.3 is 0 Å². The van der Waals surface area contributed by atoms with Gasteiger partial charge in [-0.25, -0.2) is 0 Å². The van der Waals surface area contributed by atoms with Gasteiger partial charge < -0.3 is 10.3 Å². The standard InChI is InChI=1S/C10H20N4/c1-7(2)5-9(11)10-13-12-6-14(10)8(3)4/h6-9H,5,11H2,1-4H3/t9-/m0/s1. The predicted octanol–water partition coefficient (Wildman–Crippen LogP) is 1.90. The molecular formula is C10H20N4. The van der Waals surface area contributed by atoms with Crippen molar-refractivity contribution in [1.82, 2.24) is 14.8 Å². The predicted molar refractivity (Wildman–Crippen MR) is 56.8 cm³/mol. The maximum Gasteiger partial charge on any atom is 0.150 e. The monoisotopic (exact) mass is 196 g/mol. The maximum absolute atomic E-state index is 6.06. The Balaban J connectivity index is 2.78. The van der Waals surface area contributed by atoms with Gasteiger partial charge in [-0.15, -0.1) is 10.2 Å². The Bertz CT molecular complexity index is 277. The van der Waals surface area contributed by atoms with Crippen LogP contribution in [0, 0.1) is 5.92 Å². The molecule has 0 aliphatic rings. The first-order chi connectivity index (χ1) is 6.52. The van der Waals surface area contributed by atoms with Crippen LogP contribution in [0.3, 0.4) is 0 Å². The first-order valence-electron chi connectivity index (χ1n) is 5.17. The highest BCUT2D eigenvalue weighted by Gasteiger charge is 2.16. The smallest absolute Gasteiger partial charge is 0.150 e. The second-order valence-electron chi connectivity index (χ2n) is 4.43. The molecule has 4 nitrogen and oxygen atoms in total. The third kappa shape index (κ3) is 2.54. The molecule has 0 radical (unpaired) electrons. The molecule has 0 unspecified atom stereocenters. The summed E-state index contributed by atoms with van der Waals surface area (Å²) in [6, 6.07) is 0.373. The van der Waals surface area contributed by atoms with Crippen molar-refractivity contribution in [1.29, 1.82) is 0 Å². The molecule has 0 bridgehead atoms. The molecule has 0 fully saturated rings. The lowest BCUT2D eigenvalue weighted by Gasteiger charge is -2.16. The summed E-state index contributed by atoms with van der Waals surface area (Å²) in [5.74, 6) is 1.48. The van der Waals surface area contributed by atoms with E-state index in [1.807, 2.05) is 4.57 Å². The molecule has 0 aliphatic carbocycles. The van der Waals surface area contributed by atoms with Gasteiger partial charge in [0.2, 0.25) is 0 Å². The second-order valence-corrected chi connectivity index (χ2v) is 4.43. The minimum atomic E-state index is -0.0000926. The van der Waals surface area contributed by atoms with Crippen molar-refractivity contribution in [2.45, 2.75) is 46.2 Å². The molecule has 4 heteroatoms. The van der Waals surface area contributed by atoms with E-state index in [1.165, 1.54) is 0 Å². The van der Waals surface area contributed by atoms with Gasteiger partial charge in [-0.1, -0.05) is 13.8 Å². The van der Waals surface area contributed by atoms with Gasteiger partial charge in [0.1, 0.15) is 12.2 Å². The summed E-state index contributed by atoms with van der Waals surface area (Å²) in [6.45, 7) is 8.54. The summed E-state index contributed by atoms with van der Waals surface area (Å²) in [4.78, 5) is 0. The normalized spacial score (nSPS) is 13.9. The van der Waals surface area contributed by atoms with Gasteiger partial charge in [-0.2, -0.15) is 0 Å². The highest BCUT2D eigenvalue weighted by molar-refractivity contribution is 4.95. The zero-order chi connectivity index (χ0) is 10.7. The SMILES string of the molecule is CC(C)C[C@H](N)c1nncn1C(C)C. The van der Waals surface area contributed by atoms with Crippen molar-refractivity contribution < 1.29 is 0 Å². The Morgan fingerprint density at radius 3 is 2.50 bits per heavy atom. The van der Waals surface area contributed by atoms with Crippen LogP contribution in [0.1, 0.15) is 52.0 Å². The van der Waals surface area contributed by atoms with Gasteiger partial charge in [0.25, 0.3) is 0 Å². The van der Waals surface area contributed by atoms with Crippen LogP contribution in [0.15, 0.2) is 6.33 Å². The average molecular weight is 196 g/mol. The molecule has 1 rings (SSSR count). The molecule has 1 heterocycles. The lowest BCUT2D eigenvalue weighted by atomic mass is 10.0. The fourth-order valence-electron chi connectivity index (χ4n) is 1.53. The summed E-state index contributed by atoms with van der Waals surface area (Å²) in [7, 11) is 0. The van der Waals surface area contributed by atoms with Gasteiger partial charge in [0.05, 0.1) is 6.04 Å². The van der Waals surface area contributed by atoms with Crippen LogP contribution in [-0.2, 0) is 0 Å². The second kappa shape index (κ2) is 4.55. The number of aromatic nitrogens is 3. The third-order valence-corrected chi connectivity index (χ3v) is 2.21. The molecule has 0 spiro atoms. The molecule has 0 aliphatic heterocycles. The van der Waals surface area contributed by atoms with Crippen molar-refractivity contribution in [3.8, 4) is 0 Å². The van der Waals surface area contributed by atoms with E-state index in [0.717, 1.165) is 12.2 Å². The molecule has 1 atom stereocenters. The maximum atomic E-state index is 6.06. The van der Waals surface area contributed by atoms with E-state index in [4.69, 9.17) is 5.73 Å². The van der Waals surface area contributed by atoms with Crippen LogP contribution in [-0.4, -0.2) is 14.8 Å². The fourth-order valence-corrected chi connectivity index (χ4v) is 1.53. The van der Waals surface area contributed by atoms with Crippen molar-refractivity contribution in [3.05, 3.63) is 12.2 Å². The molecule has 14 heavy (non-hydrogen) atoms. The van der Waals surface area contributed by atoms with Gasteiger partial charge in [0, 0.05) is 6.04 Å². The van der Waals surface area contributed by atoms with Gasteiger partial charge in [-0.05, 0) is 26.2 Å². The van der Waals surface area contributed by atoms with Crippen LogP contribution in [0.2, 0.25) is 0 Å². The first kappa shape index (κ1) is 11.2. The van der Waals surface area contributed by atoms with Crippen molar-refractivity contribution in [2.75, 3.05) is 0 Å². The zero-order valence-corrected chi connectivity index (χ0v) is 9.44. The van der Waals surface area contributed by atoms with Gasteiger partial charge in [0.15, 0.2) is 0 Å². The summed E-state index contributed by atoms with van der Waals surface area (Å²) in [6.07, 6.45) is 2.70. The number of nitrogens with two attached hydrogens (primary N) is 1. The summed E-state index contributed by atoms with van der Waals surface area (Å²) in [5, 5.41) is 7.98. The van der Waals surface area contributed by atoms with Crippen LogP contribution in [0.4, 0.5) is 0 Å². The molecule has 0 saturated heterocycles. The van der Waals surface area contributed by atoms with E-state index < -0.39 is 0 Å². The molecule has 2 N–H and O–H groups in total. The van der Waals surface area contributed by atoms with Crippen LogP contribution < -0.4 is 5.73 Å². The van der Waals surface area contributed by atoms with E-state index in [9.17, 15) is 0 Å². The van der Waals surface area contributed by atoms with E-state index >= 15 is 0 Å². The summed E-state index contributed by atoms with van der Waals surface area (Å²) >= 11 is 0. The Morgan fingerprint density at radius 2 is 2.00 bits per heavy atom. The number of hydrogen-bond donors (Lipinski definition) is 1. The average Bonchev–Trinajstić information content (AvgIpc) is 2.49. The van der Waals surface area contributed by atoms with E-state index in [2.05, 4.69) is 37.9 Å². The molecule has 80 valence electrons. The molecule has 1 aromatic rings. The topological polar surface area (TPSA) is 56.7 Å². The van der Waals surface area contributed by atoms with Crippen molar-refractivity contribution in [2.24, 2.45) is 11.7 Å². The summed E-state index contributed by atoms with van der Waals surface area (Å²) < 4.78 is 2.03. The highest BCUT2D eigenvalue weighted by atomic mass is 15.3. The number of hydrogen-bond acceptors (Lipinski definition) is 3. The molecule has 0 amide bonds. The van der Waals surface area contributed by atoms with Crippen LogP contribution >= 0.6 is 0 Å².